The molecule has 1 unspecified atom stereocenters. The summed E-state index contributed by atoms with van der Waals surface area (Å²) in [6, 6.07) is 0. The average molecular weight is 140 g/mol. The van der Waals surface area contributed by atoms with Crippen LogP contribution in [0.15, 0.2) is 0 Å². The van der Waals surface area contributed by atoms with Crippen molar-refractivity contribution < 1.29 is 13.7 Å². The first-order chi connectivity index (χ1) is 3.42. The van der Waals surface area contributed by atoms with Gasteiger partial charge in [-0.25, -0.2) is 0 Å². The molecule has 0 aliphatic rings. The van der Waals surface area contributed by atoms with E-state index in [1.807, 2.05) is 0 Å². The van der Waals surface area contributed by atoms with E-state index in [0.717, 1.165) is 0 Å². The summed E-state index contributed by atoms with van der Waals surface area (Å²) in [5.41, 5.74) is 0. The van der Waals surface area contributed by atoms with Gasteiger partial charge in [-0.1, -0.05) is 13.8 Å². The minimum Gasteiger partial charge on any atom is -0.321 e. The Morgan fingerprint density at radius 1 is 1.75 bits per heavy atom. The van der Waals surface area contributed by atoms with Gasteiger partial charge in [0, 0.05) is 0 Å². The van der Waals surface area contributed by atoms with Crippen LogP contribution in [-0.4, -0.2) is 11.1 Å². The van der Waals surface area contributed by atoms with E-state index < -0.39 is 7.68 Å². The van der Waals surface area contributed by atoms with Crippen LogP contribution in [-0.2, 0) is 4.57 Å². The first-order valence-corrected chi connectivity index (χ1v) is 4.17. The van der Waals surface area contributed by atoms with E-state index in [9.17, 15) is 8.76 Å². The zero-order chi connectivity index (χ0) is 6.78. The van der Waals surface area contributed by atoms with Crippen molar-refractivity contribution in [3.05, 3.63) is 0 Å². The molecule has 0 bridgehead atoms. The maximum Gasteiger partial charge on any atom is 0.365 e. The van der Waals surface area contributed by atoms with E-state index in [4.69, 9.17) is 4.89 Å². The Hall–Kier alpha value is 0.120. The highest BCUT2D eigenvalue weighted by Crippen LogP contribution is 2.43. The number of hydrogen-bond donors (Lipinski definition) is 1. The van der Waals surface area contributed by atoms with E-state index in [1.165, 1.54) is 0 Å². The number of halogens is 1. The van der Waals surface area contributed by atoms with Crippen LogP contribution in [0.1, 0.15) is 13.8 Å². The van der Waals surface area contributed by atoms with Gasteiger partial charge in [-0.15, -0.1) is 0 Å². The average Bonchev–Trinajstić information content (AvgIpc) is 1.21. The van der Waals surface area contributed by atoms with E-state index in [2.05, 4.69) is 0 Å². The molecule has 0 saturated heterocycles. The van der Waals surface area contributed by atoms with Gasteiger partial charge in [-0.2, -0.15) is 4.20 Å². The zero-order valence-corrected chi connectivity index (χ0v) is 5.86. The van der Waals surface area contributed by atoms with Crippen LogP contribution in [0, 0.1) is 5.92 Å². The van der Waals surface area contributed by atoms with Crippen LogP contribution in [0.4, 0.5) is 4.20 Å². The molecule has 0 saturated carbocycles. The third kappa shape index (κ3) is 6.12. The Morgan fingerprint density at radius 3 is 2.12 bits per heavy atom. The van der Waals surface area contributed by atoms with Gasteiger partial charge >= 0.3 is 7.68 Å². The molecule has 0 aromatic carbocycles. The maximum absolute atomic E-state index is 11.8. The topological polar surface area (TPSA) is 37.3 Å². The van der Waals surface area contributed by atoms with E-state index in [0.29, 0.717) is 0 Å². The minimum atomic E-state index is -4.22. The van der Waals surface area contributed by atoms with Crippen LogP contribution >= 0.6 is 7.68 Å². The third-order valence-electron chi connectivity index (χ3n) is 0.590. The summed E-state index contributed by atoms with van der Waals surface area (Å²) in [5, 5.41) is 0. The molecule has 0 amide bonds. The molecule has 0 fully saturated rings. The van der Waals surface area contributed by atoms with Crippen LogP contribution in [0.25, 0.3) is 0 Å². The molecule has 0 heterocycles. The normalized spacial score (nSPS) is 18.6. The molecule has 4 heteroatoms. The van der Waals surface area contributed by atoms with E-state index >= 15 is 0 Å². The van der Waals surface area contributed by atoms with Gasteiger partial charge in [-0.05, 0) is 5.92 Å². The molecule has 0 spiro atoms. The molecule has 0 aromatic heterocycles. The predicted molar refractivity (Wildman–Crippen MR) is 30.6 cm³/mol. The second-order valence-corrected chi connectivity index (χ2v) is 3.79. The van der Waals surface area contributed by atoms with Crippen molar-refractivity contribution in [3.8, 4) is 0 Å². The Morgan fingerprint density at radius 2 is 2.12 bits per heavy atom. The Kier molecular flexibility index (Phi) is 2.64. The van der Waals surface area contributed by atoms with E-state index in [1.54, 1.807) is 13.8 Å². The second-order valence-electron chi connectivity index (χ2n) is 2.19. The molecular formula is C4H10FO2P. The van der Waals surface area contributed by atoms with Crippen LogP contribution < -0.4 is 0 Å². The first-order valence-electron chi connectivity index (χ1n) is 2.43. The molecular weight excluding hydrogens is 130 g/mol. The van der Waals surface area contributed by atoms with Crippen molar-refractivity contribution in [2.24, 2.45) is 5.92 Å². The summed E-state index contributed by atoms with van der Waals surface area (Å²) in [7, 11) is -4.22. The third-order valence-corrected chi connectivity index (χ3v) is 1.77. The monoisotopic (exact) mass is 140 g/mol. The van der Waals surface area contributed by atoms with Gasteiger partial charge in [-0.3, -0.25) is 4.57 Å². The molecule has 8 heavy (non-hydrogen) atoms. The summed E-state index contributed by atoms with van der Waals surface area (Å²) in [4.78, 5) is 8.08. The fourth-order valence-corrected chi connectivity index (χ4v) is 1.35. The first kappa shape index (κ1) is 8.12. The van der Waals surface area contributed by atoms with Crippen molar-refractivity contribution in [3.63, 3.8) is 0 Å². The van der Waals surface area contributed by atoms with Crippen LogP contribution in [0.5, 0.6) is 0 Å². The second kappa shape index (κ2) is 2.60. The summed E-state index contributed by atoms with van der Waals surface area (Å²) in [5.74, 6) is -0.0455. The lowest BCUT2D eigenvalue weighted by Crippen LogP contribution is -1.92. The lowest BCUT2D eigenvalue weighted by Gasteiger charge is -2.02. The van der Waals surface area contributed by atoms with Crippen molar-refractivity contribution in [2.45, 2.75) is 13.8 Å². The molecule has 0 rings (SSSR count). The smallest absolute Gasteiger partial charge is 0.321 e. The van der Waals surface area contributed by atoms with Crippen molar-refractivity contribution in [1.82, 2.24) is 0 Å². The number of rotatable bonds is 2. The minimum absolute atomic E-state index is 0.0455. The largest absolute Gasteiger partial charge is 0.365 e. The molecule has 0 radical (unpaired) electrons. The van der Waals surface area contributed by atoms with Gasteiger partial charge < -0.3 is 4.89 Å². The highest BCUT2D eigenvalue weighted by atomic mass is 31.2. The van der Waals surface area contributed by atoms with Crippen molar-refractivity contribution in [1.29, 1.82) is 0 Å². The summed E-state index contributed by atoms with van der Waals surface area (Å²) < 4.78 is 21.7. The van der Waals surface area contributed by atoms with Gasteiger partial charge in [0.2, 0.25) is 0 Å². The van der Waals surface area contributed by atoms with E-state index in [-0.39, 0.29) is 12.1 Å². The molecule has 1 N–H and O–H groups in total. The summed E-state index contributed by atoms with van der Waals surface area (Å²) >= 11 is 0. The van der Waals surface area contributed by atoms with Gasteiger partial charge in [0.1, 0.15) is 0 Å². The molecule has 50 valence electrons. The summed E-state index contributed by atoms with van der Waals surface area (Å²) in [6.45, 7) is 3.39. The molecule has 0 aliphatic carbocycles. The maximum atomic E-state index is 11.8. The lowest BCUT2D eigenvalue weighted by molar-refractivity contribution is 0.421. The molecule has 0 aliphatic heterocycles. The molecule has 2 nitrogen and oxygen atoms in total. The fraction of sp³-hybridized carbons (Fsp3) is 1.00. The predicted octanol–water partition coefficient (Wildman–Crippen LogP) is 1.80. The van der Waals surface area contributed by atoms with Crippen LogP contribution in [0.3, 0.4) is 0 Å². The number of hydrogen-bond acceptors (Lipinski definition) is 1. The lowest BCUT2D eigenvalue weighted by atomic mass is 10.3. The van der Waals surface area contributed by atoms with Gasteiger partial charge in [0.05, 0.1) is 6.16 Å². The summed E-state index contributed by atoms with van der Waals surface area (Å²) in [6.07, 6.45) is -0.229. The van der Waals surface area contributed by atoms with Crippen molar-refractivity contribution >= 4 is 7.68 Å². The van der Waals surface area contributed by atoms with Crippen LogP contribution in [0.2, 0.25) is 0 Å². The highest BCUT2D eigenvalue weighted by Gasteiger charge is 2.16. The highest BCUT2D eigenvalue weighted by molar-refractivity contribution is 7.52. The molecule has 0 aromatic rings. The Bertz CT molecular complexity index is 107. The Labute approximate surface area is 48.3 Å². The fourth-order valence-electron chi connectivity index (χ4n) is 0.450. The van der Waals surface area contributed by atoms with Gasteiger partial charge in [0.25, 0.3) is 0 Å². The van der Waals surface area contributed by atoms with Crippen molar-refractivity contribution in [2.75, 3.05) is 6.16 Å². The quantitative estimate of drug-likeness (QED) is 0.593. The molecule has 1 atom stereocenters. The Balaban J connectivity index is 3.56. The SMILES string of the molecule is CC(C)CP(=O)(O)F. The zero-order valence-electron chi connectivity index (χ0n) is 4.97. The van der Waals surface area contributed by atoms with Gasteiger partial charge in [0.15, 0.2) is 0 Å². The standard InChI is InChI=1S/C4H10FO2P/c1-4(2)3-8(5,6)7/h4H,3H2,1-2H3,(H,6,7).